The molecule has 0 aromatic heterocycles. The Labute approximate surface area is 111 Å². The number of nitrogen functional groups attached to an aromatic ring is 1. The molecule has 1 heterocycles. The molecule has 1 fully saturated rings. The number of halogens is 1. The van der Waals surface area contributed by atoms with Crippen molar-refractivity contribution in [2.24, 2.45) is 0 Å². The van der Waals surface area contributed by atoms with Crippen molar-refractivity contribution in [3.63, 3.8) is 0 Å². The first-order chi connectivity index (χ1) is 7.99. The predicted octanol–water partition coefficient (Wildman–Crippen LogP) is 2.13. The molecule has 94 valence electrons. The van der Waals surface area contributed by atoms with E-state index in [0.717, 1.165) is 24.4 Å². The quantitative estimate of drug-likeness (QED) is 0.722. The van der Waals surface area contributed by atoms with Crippen molar-refractivity contribution < 1.29 is 5.11 Å². The second-order valence-electron chi connectivity index (χ2n) is 4.61. The molecular formula is C12H17ClN2OS. The molecule has 2 rings (SSSR count). The monoisotopic (exact) mass is 272 g/mol. The van der Waals surface area contributed by atoms with Gasteiger partial charge in [0.1, 0.15) is 0 Å². The first kappa shape index (κ1) is 13.0. The fourth-order valence-electron chi connectivity index (χ4n) is 1.89. The highest BCUT2D eigenvalue weighted by atomic mass is 35.5. The van der Waals surface area contributed by atoms with Crippen LogP contribution in [0.1, 0.15) is 13.3 Å². The number of rotatable bonds is 2. The van der Waals surface area contributed by atoms with E-state index in [4.69, 9.17) is 17.3 Å². The SMILES string of the molecule is CC1(O)CCNCC1Sc1ccc(N)cc1Cl. The minimum Gasteiger partial charge on any atom is -0.399 e. The lowest BCUT2D eigenvalue weighted by Gasteiger charge is -2.37. The molecule has 2 unspecified atom stereocenters. The molecule has 0 spiro atoms. The molecule has 1 aliphatic rings. The summed E-state index contributed by atoms with van der Waals surface area (Å²) in [5.74, 6) is 0. The largest absolute Gasteiger partial charge is 0.399 e. The fraction of sp³-hybridized carbons (Fsp3) is 0.500. The summed E-state index contributed by atoms with van der Waals surface area (Å²) in [6.45, 7) is 3.54. The highest BCUT2D eigenvalue weighted by molar-refractivity contribution is 8.00. The molecule has 1 aromatic carbocycles. The van der Waals surface area contributed by atoms with Gasteiger partial charge in [-0.05, 0) is 38.1 Å². The van der Waals surface area contributed by atoms with Crippen LogP contribution in [0.5, 0.6) is 0 Å². The maximum atomic E-state index is 10.3. The molecule has 1 aromatic rings. The van der Waals surface area contributed by atoms with Crippen molar-refractivity contribution in [2.75, 3.05) is 18.8 Å². The molecule has 0 amide bonds. The average molecular weight is 273 g/mol. The lowest BCUT2D eigenvalue weighted by Crippen LogP contribution is -2.50. The van der Waals surface area contributed by atoms with Gasteiger partial charge in [0.05, 0.1) is 15.9 Å². The summed E-state index contributed by atoms with van der Waals surface area (Å²) in [5, 5.41) is 14.4. The Bertz CT molecular complexity index is 411. The summed E-state index contributed by atoms with van der Waals surface area (Å²) in [5.41, 5.74) is 5.67. The third-order valence-electron chi connectivity index (χ3n) is 3.06. The number of nitrogens with two attached hydrogens (primary N) is 1. The zero-order chi connectivity index (χ0) is 12.5. The smallest absolute Gasteiger partial charge is 0.0765 e. The Balaban J connectivity index is 2.14. The minimum atomic E-state index is -0.652. The lowest BCUT2D eigenvalue weighted by molar-refractivity contribution is 0.0355. The molecule has 1 aliphatic heterocycles. The summed E-state index contributed by atoms with van der Waals surface area (Å²) in [6, 6.07) is 5.49. The Kier molecular flexibility index (Phi) is 3.88. The number of benzene rings is 1. The Morgan fingerprint density at radius 3 is 3.00 bits per heavy atom. The normalized spacial score (nSPS) is 29.2. The van der Waals surface area contributed by atoms with E-state index >= 15 is 0 Å². The first-order valence-electron chi connectivity index (χ1n) is 5.64. The van der Waals surface area contributed by atoms with Gasteiger partial charge in [0.2, 0.25) is 0 Å². The zero-order valence-corrected chi connectivity index (χ0v) is 11.3. The van der Waals surface area contributed by atoms with Crippen molar-refractivity contribution in [3.05, 3.63) is 23.2 Å². The number of piperidine rings is 1. The summed E-state index contributed by atoms with van der Waals surface area (Å²) in [7, 11) is 0. The summed E-state index contributed by atoms with van der Waals surface area (Å²) < 4.78 is 0. The summed E-state index contributed by atoms with van der Waals surface area (Å²) in [6.07, 6.45) is 0.761. The lowest BCUT2D eigenvalue weighted by atomic mass is 9.94. The van der Waals surface area contributed by atoms with Gasteiger partial charge in [-0.3, -0.25) is 0 Å². The number of hydrogen-bond acceptors (Lipinski definition) is 4. The number of anilines is 1. The molecular weight excluding hydrogens is 256 g/mol. The van der Waals surface area contributed by atoms with E-state index in [2.05, 4.69) is 5.32 Å². The van der Waals surface area contributed by atoms with E-state index in [1.54, 1.807) is 17.8 Å². The maximum absolute atomic E-state index is 10.3. The van der Waals surface area contributed by atoms with E-state index in [9.17, 15) is 5.11 Å². The van der Waals surface area contributed by atoms with Crippen molar-refractivity contribution in [3.8, 4) is 0 Å². The Morgan fingerprint density at radius 2 is 2.35 bits per heavy atom. The van der Waals surface area contributed by atoms with Crippen molar-refractivity contribution >= 4 is 29.1 Å². The van der Waals surface area contributed by atoms with Gasteiger partial charge < -0.3 is 16.2 Å². The molecule has 17 heavy (non-hydrogen) atoms. The zero-order valence-electron chi connectivity index (χ0n) is 9.74. The van der Waals surface area contributed by atoms with Gasteiger partial charge >= 0.3 is 0 Å². The molecule has 0 radical (unpaired) electrons. The first-order valence-corrected chi connectivity index (χ1v) is 6.89. The highest BCUT2D eigenvalue weighted by Gasteiger charge is 2.35. The topological polar surface area (TPSA) is 58.3 Å². The molecule has 2 atom stereocenters. The van der Waals surface area contributed by atoms with Crippen LogP contribution >= 0.6 is 23.4 Å². The van der Waals surface area contributed by atoms with E-state index in [0.29, 0.717) is 10.7 Å². The van der Waals surface area contributed by atoms with Crippen LogP contribution in [-0.2, 0) is 0 Å². The van der Waals surface area contributed by atoms with E-state index in [1.807, 2.05) is 19.1 Å². The predicted molar refractivity (Wildman–Crippen MR) is 73.6 cm³/mol. The van der Waals surface area contributed by atoms with Crippen molar-refractivity contribution in [1.29, 1.82) is 0 Å². The van der Waals surface area contributed by atoms with Gasteiger partial charge in [-0.1, -0.05) is 11.6 Å². The van der Waals surface area contributed by atoms with E-state index < -0.39 is 5.60 Å². The maximum Gasteiger partial charge on any atom is 0.0765 e. The third-order valence-corrected chi connectivity index (χ3v) is 5.05. The van der Waals surface area contributed by atoms with E-state index in [-0.39, 0.29) is 5.25 Å². The van der Waals surface area contributed by atoms with Gasteiger partial charge in [-0.25, -0.2) is 0 Å². The Hall–Kier alpha value is -0.420. The fourth-order valence-corrected chi connectivity index (χ4v) is 3.41. The second kappa shape index (κ2) is 5.06. The van der Waals surface area contributed by atoms with Crippen LogP contribution < -0.4 is 11.1 Å². The molecule has 4 N–H and O–H groups in total. The van der Waals surface area contributed by atoms with Crippen LogP contribution in [0.3, 0.4) is 0 Å². The van der Waals surface area contributed by atoms with Crippen LogP contribution in [0.25, 0.3) is 0 Å². The van der Waals surface area contributed by atoms with Crippen LogP contribution in [0, 0.1) is 0 Å². The number of thioether (sulfide) groups is 1. The van der Waals surface area contributed by atoms with Gasteiger partial charge in [-0.2, -0.15) is 0 Å². The number of aliphatic hydroxyl groups is 1. The molecule has 0 saturated carbocycles. The molecule has 1 saturated heterocycles. The molecule has 0 bridgehead atoms. The van der Waals surface area contributed by atoms with Gasteiger partial charge in [-0.15, -0.1) is 11.8 Å². The van der Waals surface area contributed by atoms with Crippen LogP contribution in [0.15, 0.2) is 23.1 Å². The van der Waals surface area contributed by atoms with Gasteiger partial charge in [0.25, 0.3) is 0 Å². The summed E-state index contributed by atoms with van der Waals surface area (Å²) >= 11 is 7.75. The minimum absolute atomic E-state index is 0.109. The summed E-state index contributed by atoms with van der Waals surface area (Å²) in [4.78, 5) is 0.967. The number of hydrogen-bond donors (Lipinski definition) is 3. The van der Waals surface area contributed by atoms with Crippen molar-refractivity contribution in [1.82, 2.24) is 5.32 Å². The molecule has 3 nitrogen and oxygen atoms in total. The standard InChI is InChI=1S/C12H17ClN2OS/c1-12(16)4-5-15-7-11(12)17-10-3-2-8(14)6-9(10)13/h2-3,6,11,15-16H,4-5,7,14H2,1H3. The van der Waals surface area contributed by atoms with Crippen LogP contribution in [0.2, 0.25) is 5.02 Å². The van der Waals surface area contributed by atoms with Crippen LogP contribution in [-0.4, -0.2) is 29.0 Å². The van der Waals surface area contributed by atoms with Crippen LogP contribution in [0.4, 0.5) is 5.69 Å². The third kappa shape index (κ3) is 3.07. The second-order valence-corrected chi connectivity index (χ2v) is 6.26. The van der Waals surface area contributed by atoms with Gasteiger partial charge in [0, 0.05) is 17.1 Å². The Morgan fingerprint density at radius 1 is 1.59 bits per heavy atom. The average Bonchev–Trinajstić information content (AvgIpc) is 2.24. The molecule has 5 heteroatoms. The highest BCUT2D eigenvalue weighted by Crippen LogP contribution is 2.37. The van der Waals surface area contributed by atoms with Crippen molar-refractivity contribution in [2.45, 2.75) is 29.1 Å². The van der Waals surface area contributed by atoms with E-state index in [1.165, 1.54) is 0 Å². The molecule has 0 aliphatic carbocycles. The van der Waals surface area contributed by atoms with Gasteiger partial charge in [0.15, 0.2) is 0 Å². The number of nitrogens with one attached hydrogen (secondary N) is 1.